The highest BCUT2D eigenvalue weighted by Gasteiger charge is 2.44. The van der Waals surface area contributed by atoms with Crippen LogP contribution in [0.1, 0.15) is 89.3 Å². The topological polar surface area (TPSA) is 87.7 Å². The van der Waals surface area contributed by atoms with E-state index in [4.69, 9.17) is 4.74 Å². The molecule has 2 unspecified atom stereocenters. The van der Waals surface area contributed by atoms with E-state index < -0.39 is 23.8 Å². The maximum absolute atomic E-state index is 14.1. The zero-order valence-electron chi connectivity index (χ0n) is 22.5. The van der Waals surface area contributed by atoms with E-state index in [0.717, 1.165) is 49.7 Å². The summed E-state index contributed by atoms with van der Waals surface area (Å²) in [4.78, 5) is 42.2. The van der Waals surface area contributed by atoms with Gasteiger partial charge in [-0.2, -0.15) is 11.8 Å². The Kier molecular flexibility index (Phi) is 10.1. The average Bonchev–Trinajstić information content (AvgIpc) is 3.65. The van der Waals surface area contributed by atoms with Crippen LogP contribution in [0.2, 0.25) is 0 Å². The Balaban J connectivity index is 1.90. The molecule has 0 bridgehead atoms. The Hall–Kier alpha value is -2.22. The number of carbonyl (C=O) groups is 3. The van der Waals surface area contributed by atoms with E-state index in [1.165, 1.54) is 6.42 Å². The smallest absolute Gasteiger partial charge is 0.408 e. The molecule has 0 heterocycles. The summed E-state index contributed by atoms with van der Waals surface area (Å²) in [6.45, 7) is 7.40. The van der Waals surface area contributed by atoms with Crippen LogP contribution >= 0.6 is 11.8 Å². The van der Waals surface area contributed by atoms with Gasteiger partial charge in [-0.05, 0) is 77.4 Å². The molecule has 2 saturated carbocycles. The third kappa shape index (κ3) is 8.43. The first-order chi connectivity index (χ1) is 17.1. The van der Waals surface area contributed by atoms with E-state index in [2.05, 4.69) is 10.6 Å². The lowest BCUT2D eigenvalue weighted by molar-refractivity contribution is -0.143. The Morgan fingerprint density at radius 2 is 1.69 bits per heavy atom. The van der Waals surface area contributed by atoms with Crippen molar-refractivity contribution in [3.63, 3.8) is 0 Å². The van der Waals surface area contributed by atoms with Crippen LogP contribution in [0.4, 0.5) is 4.79 Å². The molecule has 200 valence electrons. The van der Waals surface area contributed by atoms with Crippen molar-refractivity contribution in [1.82, 2.24) is 15.5 Å². The molecule has 2 N–H and O–H groups in total. The first kappa shape index (κ1) is 28.4. The monoisotopic (exact) mass is 517 g/mol. The molecule has 0 saturated heterocycles. The van der Waals surface area contributed by atoms with Gasteiger partial charge in [-0.1, -0.05) is 49.1 Å². The van der Waals surface area contributed by atoms with Crippen molar-refractivity contribution in [2.24, 2.45) is 0 Å². The van der Waals surface area contributed by atoms with Crippen molar-refractivity contribution in [2.75, 3.05) is 12.0 Å². The van der Waals surface area contributed by atoms with Gasteiger partial charge in [0.05, 0.1) is 0 Å². The maximum atomic E-state index is 14.1. The fourth-order valence-electron chi connectivity index (χ4n) is 4.71. The number of nitrogens with one attached hydrogen (secondary N) is 2. The summed E-state index contributed by atoms with van der Waals surface area (Å²) in [5.41, 5.74) is 1.23. The Labute approximate surface area is 220 Å². The third-order valence-electron chi connectivity index (χ3n) is 6.67. The first-order valence-corrected chi connectivity index (χ1v) is 14.7. The molecule has 8 heteroatoms. The predicted octanol–water partition coefficient (Wildman–Crippen LogP) is 5.12. The van der Waals surface area contributed by atoms with E-state index in [9.17, 15) is 14.4 Å². The summed E-state index contributed by atoms with van der Waals surface area (Å²) in [6, 6.07) is 6.49. The second-order valence-corrected chi connectivity index (χ2v) is 12.1. The molecule has 36 heavy (non-hydrogen) atoms. The van der Waals surface area contributed by atoms with Crippen molar-refractivity contribution < 1.29 is 19.1 Å². The van der Waals surface area contributed by atoms with Gasteiger partial charge in [0.25, 0.3) is 0 Å². The molecule has 3 rings (SSSR count). The average molecular weight is 518 g/mol. The van der Waals surface area contributed by atoms with Crippen LogP contribution in [0.3, 0.4) is 0 Å². The lowest BCUT2D eigenvalue weighted by Gasteiger charge is -2.36. The number of benzene rings is 1. The third-order valence-corrected chi connectivity index (χ3v) is 7.31. The second kappa shape index (κ2) is 12.8. The van der Waals surface area contributed by atoms with Gasteiger partial charge >= 0.3 is 6.09 Å². The van der Waals surface area contributed by atoms with Crippen molar-refractivity contribution >= 4 is 29.7 Å². The molecule has 0 spiro atoms. The summed E-state index contributed by atoms with van der Waals surface area (Å²) in [7, 11) is 0. The molecule has 2 fully saturated rings. The summed E-state index contributed by atoms with van der Waals surface area (Å²) < 4.78 is 5.45. The Bertz CT molecular complexity index is 889. The quantitative estimate of drug-likeness (QED) is 0.450. The van der Waals surface area contributed by atoms with E-state index in [1.807, 2.05) is 37.4 Å². The Morgan fingerprint density at radius 1 is 1.06 bits per heavy atom. The van der Waals surface area contributed by atoms with Gasteiger partial charge in [0.15, 0.2) is 0 Å². The van der Waals surface area contributed by atoms with Crippen LogP contribution in [0.25, 0.3) is 0 Å². The number of rotatable bonds is 10. The second-order valence-electron chi connectivity index (χ2n) is 11.1. The number of hydrogen-bond acceptors (Lipinski definition) is 5. The highest BCUT2D eigenvalue weighted by molar-refractivity contribution is 7.98. The lowest BCUT2D eigenvalue weighted by Crippen LogP contribution is -2.54. The van der Waals surface area contributed by atoms with Crippen molar-refractivity contribution in [3.8, 4) is 0 Å². The molecule has 3 amide bonds. The maximum Gasteiger partial charge on any atom is 0.408 e. The van der Waals surface area contributed by atoms with Gasteiger partial charge in [-0.25, -0.2) is 4.79 Å². The van der Waals surface area contributed by atoms with Gasteiger partial charge in [-0.3, -0.25) is 9.59 Å². The molecule has 0 aliphatic heterocycles. The molecular weight excluding hydrogens is 474 g/mol. The van der Waals surface area contributed by atoms with Crippen LogP contribution in [0, 0.1) is 6.92 Å². The number of nitrogens with zero attached hydrogens (tertiary/aromatic N) is 1. The van der Waals surface area contributed by atoms with E-state index in [0.29, 0.717) is 12.2 Å². The van der Waals surface area contributed by atoms with Crippen molar-refractivity contribution in [1.29, 1.82) is 0 Å². The number of ether oxygens (including phenoxy) is 1. The highest BCUT2D eigenvalue weighted by Crippen LogP contribution is 2.36. The number of thioether (sulfide) groups is 1. The normalized spacial score (nSPS) is 18.1. The van der Waals surface area contributed by atoms with Gasteiger partial charge in [-0.15, -0.1) is 0 Å². The largest absolute Gasteiger partial charge is 0.444 e. The molecule has 2 atom stereocenters. The molecule has 2 aliphatic rings. The summed E-state index contributed by atoms with van der Waals surface area (Å²) in [6.07, 6.45) is 8.90. The van der Waals surface area contributed by atoms with E-state index in [-0.39, 0.29) is 23.9 Å². The molecular formula is C28H43N3O4S. The number of aryl methyl sites for hydroxylation is 1. The number of hydrogen-bond donors (Lipinski definition) is 2. The molecule has 1 aromatic carbocycles. The van der Waals surface area contributed by atoms with Gasteiger partial charge in [0.2, 0.25) is 11.8 Å². The first-order valence-electron chi connectivity index (χ1n) is 13.3. The lowest BCUT2D eigenvalue weighted by atomic mass is 9.94. The highest BCUT2D eigenvalue weighted by atomic mass is 32.2. The fraction of sp³-hybridized carbons (Fsp3) is 0.679. The number of alkyl carbamates (subject to hydrolysis) is 1. The predicted molar refractivity (Wildman–Crippen MR) is 145 cm³/mol. The van der Waals surface area contributed by atoms with E-state index >= 15 is 0 Å². The van der Waals surface area contributed by atoms with Gasteiger partial charge in [0, 0.05) is 12.1 Å². The molecule has 0 aromatic heterocycles. The number of amides is 3. The minimum Gasteiger partial charge on any atom is -0.444 e. The summed E-state index contributed by atoms with van der Waals surface area (Å²) >= 11 is 1.62. The SMILES string of the molecule is CSCCC(NC(=O)OC(C)(C)C)C(=O)N(C1CC1)C(C(=O)NC1CCCCC1)c1ccc(C)cc1. The van der Waals surface area contributed by atoms with Crippen molar-refractivity contribution in [2.45, 2.75) is 109 Å². The molecule has 7 nitrogen and oxygen atoms in total. The molecule has 0 radical (unpaired) electrons. The van der Waals surface area contributed by atoms with Crippen LogP contribution in [0.15, 0.2) is 24.3 Å². The van der Waals surface area contributed by atoms with Gasteiger partial charge < -0.3 is 20.3 Å². The summed E-state index contributed by atoms with van der Waals surface area (Å²) in [5.74, 6) is 0.349. The minimum atomic E-state index is -0.761. The number of carbonyl (C=O) groups excluding carboxylic acids is 3. The van der Waals surface area contributed by atoms with E-state index in [1.54, 1.807) is 37.4 Å². The van der Waals surface area contributed by atoms with Gasteiger partial charge in [0.1, 0.15) is 17.7 Å². The van der Waals surface area contributed by atoms with Crippen molar-refractivity contribution in [3.05, 3.63) is 35.4 Å². The van der Waals surface area contributed by atoms with Crippen LogP contribution < -0.4 is 10.6 Å². The zero-order chi connectivity index (χ0) is 26.3. The molecule has 2 aliphatic carbocycles. The molecule has 1 aromatic rings. The standard InChI is InChI=1S/C28H43N3O4S/c1-19-11-13-20(14-12-19)24(25(32)29-21-9-7-6-8-10-21)31(22-15-16-22)26(33)23(17-18-36-5)30-27(34)35-28(2,3)4/h11-14,21-24H,6-10,15-18H2,1-5H3,(H,29,32)(H,30,34). The van der Waals surface area contributed by atoms with Crippen LogP contribution in [-0.4, -0.2) is 58.5 Å². The fourth-order valence-corrected chi connectivity index (χ4v) is 5.18. The summed E-state index contributed by atoms with van der Waals surface area (Å²) in [5, 5.41) is 6.06. The zero-order valence-corrected chi connectivity index (χ0v) is 23.3. The Morgan fingerprint density at radius 3 is 2.25 bits per heavy atom. The van der Waals surface area contributed by atoms with Crippen LogP contribution in [0.5, 0.6) is 0 Å². The van der Waals surface area contributed by atoms with Crippen LogP contribution in [-0.2, 0) is 14.3 Å². The minimum absolute atomic E-state index is 0.0156.